The second kappa shape index (κ2) is 6.79. The van der Waals surface area contributed by atoms with Crippen molar-refractivity contribution < 1.29 is 5.11 Å². The van der Waals surface area contributed by atoms with Gasteiger partial charge in [-0.05, 0) is 31.5 Å². The summed E-state index contributed by atoms with van der Waals surface area (Å²) in [7, 11) is 0. The summed E-state index contributed by atoms with van der Waals surface area (Å²) in [6, 6.07) is 18.3. The molecule has 0 saturated heterocycles. The molecule has 23 heavy (non-hydrogen) atoms. The van der Waals surface area contributed by atoms with E-state index in [1.54, 1.807) is 11.3 Å². The van der Waals surface area contributed by atoms with Gasteiger partial charge in [0.25, 0.3) is 0 Å². The molecule has 0 spiro atoms. The first-order valence-electron chi connectivity index (χ1n) is 7.90. The number of hydrogen-bond donors (Lipinski definition) is 2. The third-order valence-corrected chi connectivity index (χ3v) is 5.07. The zero-order chi connectivity index (χ0) is 16.3. The predicted octanol–water partition coefficient (Wildman–Crippen LogP) is 3.72. The number of aromatic nitrogens is 1. The smallest absolute Gasteiger partial charge is 0.0992 e. The monoisotopic (exact) mass is 326 g/mol. The van der Waals surface area contributed by atoms with Gasteiger partial charge < -0.3 is 10.4 Å². The molecule has 2 atom stereocenters. The molecule has 0 bridgehead atoms. The fraction of sp³-hybridized carbons (Fsp3) is 0.316. The van der Waals surface area contributed by atoms with Gasteiger partial charge >= 0.3 is 0 Å². The fourth-order valence-electron chi connectivity index (χ4n) is 2.61. The van der Waals surface area contributed by atoms with E-state index in [1.165, 1.54) is 4.70 Å². The minimum Gasteiger partial charge on any atom is -0.384 e. The van der Waals surface area contributed by atoms with Gasteiger partial charge in [-0.15, -0.1) is 11.3 Å². The Morgan fingerprint density at radius 1 is 1.13 bits per heavy atom. The lowest BCUT2D eigenvalue weighted by molar-refractivity contribution is 0.0544. The van der Waals surface area contributed by atoms with Crippen molar-refractivity contribution >= 4 is 21.6 Å². The van der Waals surface area contributed by atoms with Crippen LogP contribution in [-0.4, -0.2) is 22.7 Å². The van der Waals surface area contributed by atoms with Crippen LogP contribution in [0.3, 0.4) is 0 Å². The number of aliphatic hydroxyl groups is 1. The number of hydrogen-bond acceptors (Lipinski definition) is 4. The number of para-hydroxylation sites is 1. The van der Waals surface area contributed by atoms with Gasteiger partial charge in [0.05, 0.1) is 20.8 Å². The molecular formula is C19H22N2OS. The summed E-state index contributed by atoms with van der Waals surface area (Å²) in [5, 5.41) is 15.2. The van der Waals surface area contributed by atoms with E-state index in [1.807, 2.05) is 55.5 Å². The molecule has 0 aliphatic rings. The van der Waals surface area contributed by atoms with E-state index in [0.717, 1.165) is 22.5 Å². The van der Waals surface area contributed by atoms with Crippen molar-refractivity contribution in [1.29, 1.82) is 0 Å². The number of benzene rings is 2. The molecule has 4 heteroatoms. The van der Waals surface area contributed by atoms with E-state index in [0.29, 0.717) is 6.54 Å². The average Bonchev–Trinajstić information content (AvgIpc) is 2.96. The highest BCUT2D eigenvalue weighted by Gasteiger charge is 2.23. The Morgan fingerprint density at radius 3 is 2.57 bits per heavy atom. The van der Waals surface area contributed by atoms with Gasteiger partial charge in [0, 0.05) is 19.0 Å². The van der Waals surface area contributed by atoms with Crippen molar-refractivity contribution in [3.05, 3.63) is 65.2 Å². The summed E-state index contributed by atoms with van der Waals surface area (Å²) < 4.78 is 1.23. The molecule has 0 aliphatic heterocycles. The molecule has 0 saturated carbocycles. The molecule has 0 radical (unpaired) electrons. The van der Waals surface area contributed by atoms with Crippen LogP contribution >= 0.6 is 11.3 Å². The number of thiazole rings is 1. The molecule has 3 aromatic rings. The number of fused-ring (bicyclic) bond motifs is 1. The highest BCUT2D eigenvalue weighted by Crippen LogP contribution is 2.23. The fourth-order valence-corrected chi connectivity index (χ4v) is 3.71. The molecule has 0 amide bonds. The summed E-state index contributed by atoms with van der Waals surface area (Å²) in [6.45, 7) is 4.50. The van der Waals surface area contributed by atoms with Crippen LogP contribution in [0.15, 0.2) is 54.6 Å². The predicted molar refractivity (Wildman–Crippen MR) is 96.8 cm³/mol. The zero-order valence-corrected chi connectivity index (χ0v) is 14.3. The third kappa shape index (κ3) is 3.96. The first-order valence-corrected chi connectivity index (χ1v) is 8.72. The highest BCUT2D eigenvalue weighted by molar-refractivity contribution is 7.18. The lowest BCUT2D eigenvalue weighted by Crippen LogP contribution is -2.40. The third-order valence-electron chi connectivity index (χ3n) is 4.01. The Balaban J connectivity index is 1.60. The van der Waals surface area contributed by atoms with Crippen LogP contribution in [0, 0.1) is 0 Å². The van der Waals surface area contributed by atoms with Crippen molar-refractivity contribution in [2.24, 2.45) is 0 Å². The first kappa shape index (κ1) is 16.1. The number of nitrogens with zero attached hydrogens (tertiary/aromatic N) is 1. The minimum atomic E-state index is -0.872. The molecule has 3 nitrogen and oxygen atoms in total. The summed E-state index contributed by atoms with van der Waals surface area (Å²) in [6.07, 6.45) is 0.865. The van der Waals surface area contributed by atoms with Crippen molar-refractivity contribution in [2.45, 2.75) is 31.9 Å². The second-order valence-electron chi connectivity index (χ2n) is 6.20. The SMILES string of the molecule is CC(Cc1nc2ccccc2s1)NCC(C)(O)c1ccccc1. The van der Waals surface area contributed by atoms with E-state index in [4.69, 9.17) is 0 Å². The molecule has 0 fully saturated rings. The van der Waals surface area contributed by atoms with Gasteiger partial charge in [-0.3, -0.25) is 0 Å². The van der Waals surface area contributed by atoms with Gasteiger partial charge in [0.1, 0.15) is 0 Å². The summed E-state index contributed by atoms with van der Waals surface area (Å²) in [5.41, 5.74) is 1.12. The van der Waals surface area contributed by atoms with Gasteiger partial charge in [0.2, 0.25) is 0 Å². The summed E-state index contributed by atoms with van der Waals surface area (Å²) >= 11 is 1.74. The molecule has 120 valence electrons. The Hall–Kier alpha value is -1.75. The van der Waals surface area contributed by atoms with Crippen LogP contribution in [-0.2, 0) is 12.0 Å². The Morgan fingerprint density at radius 2 is 1.83 bits per heavy atom. The van der Waals surface area contributed by atoms with Gasteiger partial charge in [0.15, 0.2) is 0 Å². The maximum atomic E-state index is 10.6. The van der Waals surface area contributed by atoms with Crippen molar-refractivity contribution in [3.63, 3.8) is 0 Å². The second-order valence-corrected chi connectivity index (χ2v) is 7.32. The van der Waals surface area contributed by atoms with Crippen LogP contribution in [0.5, 0.6) is 0 Å². The quantitative estimate of drug-likeness (QED) is 0.725. The number of nitrogens with one attached hydrogen (secondary N) is 1. The Bertz CT molecular complexity index is 734. The number of rotatable bonds is 6. The molecule has 1 heterocycles. The lowest BCUT2D eigenvalue weighted by Gasteiger charge is -2.26. The van der Waals surface area contributed by atoms with Gasteiger partial charge in [-0.2, -0.15) is 0 Å². The molecule has 2 N–H and O–H groups in total. The molecule has 2 unspecified atom stereocenters. The van der Waals surface area contributed by atoms with E-state index in [2.05, 4.69) is 23.3 Å². The minimum absolute atomic E-state index is 0.255. The highest BCUT2D eigenvalue weighted by atomic mass is 32.1. The van der Waals surface area contributed by atoms with Crippen LogP contribution in [0.25, 0.3) is 10.2 Å². The maximum Gasteiger partial charge on any atom is 0.0992 e. The van der Waals surface area contributed by atoms with E-state index >= 15 is 0 Å². The van der Waals surface area contributed by atoms with Gasteiger partial charge in [-0.1, -0.05) is 42.5 Å². The molecule has 3 rings (SSSR count). The van der Waals surface area contributed by atoms with Crippen LogP contribution in [0.2, 0.25) is 0 Å². The van der Waals surface area contributed by atoms with Crippen molar-refractivity contribution in [3.8, 4) is 0 Å². The van der Waals surface area contributed by atoms with Gasteiger partial charge in [-0.25, -0.2) is 4.98 Å². The normalized spacial score (nSPS) is 15.4. The average molecular weight is 326 g/mol. The van der Waals surface area contributed by atoms with E-state index < -0.39 is 5.60 Å². The van der Waals surface area contributed by atoms with E-state index in [9.17, 15) is 5.11 Å². The van der Waals surface area contributed by atoms with Crippen LogP contribution in [0.1, 0.15) is 24.4 Å². The standard InChI is InChI=1S/C19H22N2OS/c1-14(12-18-21-16-10-6-7-11-17(16)23-18)20-13-19(2,22)15-8-4-3-5-9-15/h3-11,14,20,22H,12-13H2,1-2H3. The molecule has 1 aromatic heterocycles. The molecule has 0 aliphatic carbocycles. The zero-order valence-electron chi connectivity index (χ0n) is 13.5. The van der Waals surface area contributed by atoms with Crippen LogP contribution in [0.4, 0.5) is 0 Å². The van der Waals surface area contributed by atoms with Crippen LogP contribution < -0.4 is 5.32 Å². The Labute approximate surface area is 141 Å². The topological polar surface area (TPSA) is 45.2 Å². The summed E-state index contributed by atoms with van der Waals surface area (Å²) in [4.78, 5) is 4.67. The first-order chi connectivity index (χ1) is 11.0. The lowest BCUT2D eigenvalue weighted by atomic mass is 9.96. The van der Waals surface area contributed by atoms with Crippen molar-refractivity contribution in [2.75, 3.05) is 6.54 Å². The van der Waals surface area contributed by atoms with Crippen molar-refractivity contribution in [1.82, 2.24) is 10.3 Å². The largest absolute Gasteiger partial charge is 0.384 e. The Kier molecular flexibility index (Phi) is 4.76. The maximum absolute atomic E-state index is 10.6. The van der Waals surface area contributed by atoms with E-state index in [-0.39, 0.29) is 6.04 Å². The molecule has 2 aromatic carbocycles. The molecular weight excluding hydrogens is 304 g/mol. The summed E-state index contributed by atoms with van der Waals surface area (Å²) in [5.74, 6) is 0.